The maximum Gasteiger partial charge on any atom is 0.238 e. The second kappa shape index (κ2) is 8.40. The molecule has 0 radical (unpaired) electrons. The summed E-state index contributed by atoms with van der Waals surface area (Å²) in [6.07, 6.45) is 0. The molecule has 0 fully saturated rings. The van der Waals surface area contributed by atoms with E-state index in [1.54, 1.807) is 18.2 Å². The SMILES string of the molecule is CCN(CC(=O)Nc1ccccc1C#N)C(C)CN(C)C. The molecular weight excluding hydrogens is 264 g/mol. The fraction of sp³-hybridized carbons (Fsp3) is 0.500. The molecule has 0 aliphatic heterocycles. The van der Waals surface area contributed by atoms with Crippen LogP contribution < -0.4 is 5.32 Å². The number of amides is 1. The van der Waals surface area contributed by atoms with E-state index in [-0.39, 0.29) is 5.91 Å². The summed E-state index contributed by atoms with van der Waals surface area (Å²) in [6.45, 7) is 6.19. The Bertz CT molecular complexity index is 507. The monoisotopic (exact) mass is 288 g/mol. The van der Waals surface area contributed by atoms with Crippen molar-refractivity contribution in [2.45, 2.75) is 19.9 Å². The standard InChI is InChI=1S/C16H24N4O/c1-5-20(13(2)11-19(3)4)12-16(21)18-15-9-7-6-8-14(15)10-17/h6-9,13H,5,11-12H2,1-4H3,(H,18,21). The third-order valence-electron chi connectivity index (χ3n) is 3.33. The third-order valence-corrected chi connectivity index (χ3v) is 3.33. The van der Waals surface area contributed by atoms with Crippen molar-refractivity contribution >= 4 is 11.6 Å². The van der Waals surface area contributed by atoms with E-state index in [4.69, 9.17) is 5.26 Å². The van der Waals surface area contributed by atoms with Gasteiger partial charge in [0.15, 0.2) is 0 Å². The first-order valence-corrected chi connectivity index (χ1v) is 7.15. The minimum atomic E-state index is -0.0924. The second-order valence-electron chi connectivity index (χ2n) is 5.38. The molecule has 5 nitrogen and oxygen atoms in total. The molecule has 0 heterocycles. The van der Waals surface area contributed by atoms with Crippen LogP contribution in [0, 0.1) is 11.3 Å². The van der Waals surface area contributed by atoms with E-state index >= 15 is 0 Å². The number of anilines is 1. The first-order valence-electron chi connectivity index (χ1n) is 7.15. The van der Waals surface area contributed by atoms with E-state index < -0.39 is 0 Å². The summed E-state index contributed by atoms with van der Waals surface area (Å²) in [4.78, 5) is 16.4. The molecule has 0 aliphatic rings. The van der Waals surface area contributed by atoms with E-state index in [1.165, 1.54) is 0 Å². The maximum atomic E-state index is 12.2. The van der Waals surface area contributed by atoms with Crippen molar-refractivity contribution in [2.24, 2.45) is 0 Å². The van der Waals surface area contributed by atoms with Crippen LogP contribution in [0.2, 0.25) is 0 Å². The van der Waals surface area contributed by atoms with Crippen molar-refractivity contribution in [2.75, 3.05) is 39.0 Å². The van der Waals surface area contributed by atoms with Gasteiger partial charge in [0.1, 0.15) is 6.07 Å². The quantitative estimate of drug-likeness (QED) is 0.830. The summed E-state index contributed by atoms with van der Waals surface area (Å²) >= 11 is 0. The lowest BCUT2D eigenvalue weighted by Gasteiger charge is -2.29. The summed E-state index contributed by atoms with van der Waals surface area (Å²) < 4.78 is 0. The summed E-state index contributed by atoms with van der Waals surface area (Å²) in [7, 11) is 4.04. The second-order valence-corrected chi connectivity index (χ2v) is 5.38. The van der Waals surface area contributed by atoms with Gasteiger partial charge in [-0.25, -0.2) is 0 Å². The summed E-state index contributed by atoms with van der Waals surface area (Å²) in [5.41, 5.74) is 1.05. The molecule has 1 rings (SSSR count). The number of hydrogen-bond donors (Lipinski definition) is 1. The fourth-order valence-electron chi connectivity index (χ4n) is 2.29. The number of nitriles is 1. The van der Waals surface area contributed by atoms with Crippen LogP contribution in [0.1, 0.15) is 19.4 Å². The highest BCUT2D eigenvalue weighted by Gasteiger charge is 2.16. The van der Waals surface area contributed by atoms with E-state index in [1.807, 2.05) is 27.1 Å². The van der Waals surface area contributed by atoms with Gasteiger partial charge in [-0.2, -0.15) is 5.26 Å². The Labute approximate surface area is 127 Å². The van der Waals surface area contributed by atoms with Crippen LogP contribution in [0.4, 0.5) is 5.69 Å². The molecule has 0 aliphatic carbocycles. The van der Waals surface area contributed by atoms with Gasteiger partial charge in [0, 0.05) is 12.6 Å². The molecular formula is C16H24N4O. The lowest BCUT2D eigenvalue weighted by Crippen LogP contribution is -2.43. The van der Waals surface area contributed by atoms with Crippen molar-refractivity contribution in [3.05, 3.63) is 29.8 Å². The van der Waals surface area contributed by atoms with Crippen molar-refractivity contribution in [3.8, 4) is 6.07 Å². The zero-order chi connectivity index (χ0) is 15.8. The van der Waals surface area contributed by atoms with E-state index in [0.717, 1.165) is 13.1 Å². The molecule has 1 N–H and O–H groups in total. The van der Waals surface area contributed by atoms with Crippen LogP contribution in [0.3, 0.4) is 0 Å². The first-order chi connectivity index (χ1) is 9.97. The van der Waals surface area contributed by atoms with Crippen molar-refractivity contribution in [1.29, 1.82) is 5.26 Å². The molecule has 21 heavy (non-hydrogen) atoms. The van der Waals surface area contributed by atoms with Gasteiger partial charge in [0.2, 0.25) is 5.91 Å². The Balaban J connectivity index is 2.65. The lowest BCUT2D eigenvalue weighted by atomic mass is 10.2. The van der Waals surface area contributed by atoms with Gasteiger partial charge in [-0.15, -0.1) is 0 Å². The molecule has 1 unspecified atom stereocenters. The van der Waals surface area contributed by atoms with Gasteiger partial charge < -0.3 is 10.2 Å². The molecule has 1 aromatic carbocycles. The Kier molecular flexibility index (Phi) is 6.86. The van der Waals surface area contributed by atoms with Gasteiger partial charge in [-0.1, -0.05) is 19.1 Å². The van der Waals surface area contributed by atoms with Crippen LogP contribution in [0.5, 0.6) is 0 Å². The Morgan fingerprint density at radius 2 is 2.05 bits per heavy atom. The molecule has 0 saturated heterocycles. The topological polar surface area (TPSA) is 59.4 Å². The normalized spacial score (nSPS) is 12.2. The molecule has 0 saturated carbocycles. The zero-order valence-electron chi connectivity index (χ0n) is 13.3. The van der Waals surface area contributed by atoms with Crippen LogP contribution in [0.25, 0.3) is 0 Å². The largest absolute Gasteiger partial charge is 0.324 e. The summed E-state index contributed by atoms with van der Waals surface area (Å²) in [5, 5.41) is 11.8. The van der Waals surface area contributed by atoms with Crippen molar-refractivity contribution < 1.29 is 4.79 Å². The summed E-state index contributed by atoms with van der Waals surface area (Å²) in [6, 6.07) is 9.41. The highest BCUT2D eigenvalue weighted by Crippen LogP contribution is 2.13. The van der Waals surface area contributed by atoms with Crippen LogP contribution in [-0.2, 0) is 4.79 Å². The average Bonchev–Trinajstić information content (AvgIpc) is 2.44. The number of likely N-dealkylation sites (N-methyl/N-ethyl adjacent to an activating group) is 2. The van der Waals surface area contributed by atoms with Gasteiger partial charge in [0.05, 0.1) is 17.8 Å². The predicted octanol–water partition coefficient (Wildman–Crippen LogP) is 1.77. The van der Waals surface area contributed by atoms with Gasteiger partial charge >= 0.3 is 0 Å². The van der Waals surface area contributed by atoms with Crippen molar-refractivity contribution in [1.82, 2.24) is 9.80 Å². The zero-order valence-corrected chi connectivity index (χ0v) is 13.3. The number of benzene rings is 1. The molecule has 1 amide bonds. The molecule has 1 aromatic rings. The number of nitrogens with one attached hydrogen (secondary N) is 1. The third kappa shape index (κ3) is 5.54. The Morgan fingerprint density at radius 3 is 2.62 bits per heavy atom. The average molecular weight is 288 g/mol. The first kappa shape index (κ1) is 17.2. The van der Waals surface area contributed by atoms with E-state index in [2.05, 4.69) is 28.1 Å². The molecule has 0 bridgehead atoms. The predicted molar refractivity (Wildman–Crippen MR) is 85.0 cm³/mol. The van der Waals surface area contributed by atoms with Gasteiger partial charge in [-0.3, -0.25) is 9.69 Å². The molecule has 114 valence electrons. The lowest BCUT2D eigenvalue weighted by molar-refractivity contribution is -0.117. The highest BCUT2D eigenvalue weighted by molar-refractivity contribution is 5.93. The van der Waals surface area contributed by atoms with Crippen LogP contribution in [-0.4, -0.2) is 55.5 Å². The smallest absolute Gasteiger partial charge is 0.238 e. The molecule has 5 heteroatoms. The molecule has 0 spiro atoms. The van der Waals surface area contributed by atoms with Gasteiger partial charge in [0.25, 0.3) is 0 Å². The molecule has 0 aromatic heterocycles. The summed E-state index contributed by atoms with van der Waals surface area (Å²) in [5.74, 6) is -0.0924. The maximum absolute atomic E-state index is 12.2. The van der Waals surface area contributed by atoms with E-state index in [9.17, 15) is 4.79 Å². The van der Waals surface area contributed by atoms with Crippen LogP contribution >= 0.6 is 0 Å². The number of carbonyl (C=O) groups excluding carboxylic acids is 1. The number of para-hydroxylation sites is 1. The van der Waals surface area contributed by atoms with Crippen molar-refractivity contribution in [3.63, 3.8) is 0 Å². The molecule has 1 atom stereocenters. The number of carbonyl (C=O) groups is 1. The fourth-order valence-corrected chi connectivity index (χ4v) is 2.29. The number of hydrogen-bond acceptors (Lipinski definition) is 4. The number of rotatable bonds is 7. The highest BCUT2D eigenvalue weighted by atomic mass is 16.2. The Hall–Kier alpha value is -1.90. The number of nitrogens with zero attached hydrogens (tertiary/aromatic N) is 3. The van der Waals surface area contributed by atoms with Crippen LogP contribution in [0.15, 0.2) is 24.3 Å². The minimum absolute atomic E-state index is 0.0924. The Morgan fingerprint density at radius 1 is 1.38 bits per heavy atom. The minimum Gasteiger partial charge on any atom is -0.324 e. The van der Waals surface area contributed by atoms with Gasteiger partial charge in [-0.05, 0) is 39.7 Å². The van der Waals surface area contributed by atoms with E-state index in [0.29, 0.717) is 23.8 Å².